The van der Waals surface area contributed by atoms with Crippen molar-refractivity contribution in [2.24, 2.45) is 5.92 Å². The van der Waals surface area contributed by atoms with Gasteiger partial charge in [0.1, 0.15) is 0 Å². The Labute approximate surface area is 171 Å². The summed E-state index contributed by atoms with van der Waals surface area (Å²) in [5.74, 6) is 0.446. The van der Waals surface area contributed by atoms with Crippen molar-refractivity contribution in [3.63, 3.8) is 0 Å². The van der Waals surface area contributed by atoms with Gasteiger partial charge in [-0.25, -0.2) is 8.42 Å². The molecule has 1 N–H and O–H groups in total. The highest BCUT2D eigenvalue weighted by Crippen LogP contribution is 2.32. The van der Waals surface area contributed by atoms with E-state index in [9.17, 15) is 13.2 Å². The molecule has 1 atom stereocenters. The third-order valence-electron chi connectivity index (χ3n) is 4.95. The SMILES string of the molecule is CC1CCCN(c2ccc(Cl)cc2NC(=O)Cc2ccc(S(C)(=O)=O)cc2)C1. The monoisotopic (exact) mass is 420 g/mol. The number of rotatable bonds is 5. The van der Waals surface area contributed by atoms with Crippen molar-refractivity contribution < 1.29 is 13.2 Å². The van der Waals surface area contributed by atoms with Gasteiger partial charge in [0.25, 0.3) is 0 Å². The molecule has 0 saturated carbocycles. The van der Waals surface area contributed by atoms with Crippen molar-refractivity contribution in [1.29, 1.82) is 0 Å². The van der Waals surface area contributed by atoms with Gasteiger partial charge in [-0.2, -0.15) is 0 Å². The van der Waals surface area contributed by atoms with Gasteiger partial charge in [0.05, 0.1) is 22.7 Å². The molecule has 3 rings (SSSR count). The maximum atomic E-state index is 12.6. The molecular weight excluding hydrogens is 396 g/mol. The van der Waals surface area contributed by atoms with Crippen LogP contribution in [0.5, 0.6) is 0 Å². The van der Waals surface area contributed by atoms with Crippen LogP contribution in [0.2, 0.25) is 5.02 Å². The average Bonchev–Trinajstić information content (AvgIpc) is 2.61. The van der Waals surface area contributed by atoms with E-state index in [2.05, 4.69) is 17.1 Å². The van der Waals surface area contributed by atoms with E-state index >= 15 is 0 Å². The van der Waals surface area contributed by atoms with Crippen LogP contribution in [0, 0.1) is 5.92 Å². The fourth-order valence-corrected chi connectivity index (χ4v) is 4.33. The van der Waals surface area contributed by atoms with Crippen LogP contribution >= 0.6 is 11.6 Å². The van der Waals surface area contributed by atoms with Crippen LogP contribution in [0.4, 0.5) is 11.4 Å². The van der Waals surface area contributed by atoms with Crippen LogP contribution in [-0.2, 0) is 21.1 Å². The first-order valence-electron chi connectivity index (χ1n) is 9.36. The number of carbonyl (C=O) groups is 1. The standard InChI is InChI=1S/C21H25ClN2O3S/c1-15-4-3-11-24(14-15)20-10-7-17(22)13-19(20)23-21(25)12-16-5-8-18(9-6-16)28(2,26)27/h5-10,13,15H,3-4,11-12,14H2,1-2H3,(H,23,25). The number of hydrogen-bond acceptors (Lipinski definition) is 4. The Hall–Kier alpha value is -2.05. The highest BCUT2D eigenvalue weighted by molar-refractivity contribution is 7.90. The third kappa shape index (κ3) is 5.26. The summed E-state index contributed by atoms with van der Waals surface area (Å²) in [6.45, 7) is 4.15. The molecule has 7 heteroatoms. The first-order valence-corrected chi connectivity index (χ1v) is 11.6. The van der Waals surface area contributed by atoms with Gasteiger partial charge in [0.2, 0.25) is 5.91 Å². The van der Waals surface area contributed by atoms with Gasteiger partial charge in [-0.05, 0) is 54.7 Å². The smallest absolute Gasteiger partial charge is 0.228 e. The highest BCUT2D eigenvalue weighted by Gasteiger charge is 2.20. The molecule has 0 radical (unpaired) electrons. The fraction of sp³-hybridized carbons (Fsp3) is 0.381. The zero-order valence-corrected chi connectivity index (χ0v) is 17.7. The molecule has 0 aromatic heterocycles. The van der Waals surface area contributed by atoms with Crippen LogP contribution in [0.15, 0.2) is 47.4 Å². The van der Waals surface area contributed by atoms with Gasteiger partial charge in [-0.1, -0.05) is 30.7 Å². The summed E-state index contributed by atoms with van der Waals surface area (Å²) in [7, 11) is -3.24. The normalized spacial score (nSPS) is 17.4. The highest BCUT2D eigenvalue weighted by atomic mass is 35.5. The van der Waals surface area contributed by atoms with E-state index in [1.807, 2.05) is 12.1 Å². The number of benzene rings is 2. The molecule has 28 heavy (non-hydrogen) atoms. The quantitative estimate of drug-likeness (QED) is 0.788. The number of hydrogen-bond donors (Lipinski definition) is 1. The van der Waals surface area contributed by atoms with Gasteiger partial charge in [-0.3, -0.25) is 4.79 Å². The van der Waals surface area contributed by atoms with E-state index in [1.165, 1.54) is 18.6 Å². The molecule has 0 spiro atoms. The predicted molar refractivity (Wildman–Crippen MR) is 114 cm³/mol. The van der Waals surface area contributed by atoms with E-state index in [-0.39, 0.29) is 17.2 Å². The second-order valence-electron chi connectivity index (χ2n) is 7.50. The first-order chi connectivity index (χ1) is 13.2. The number of anilines is 2. The summed E-state index contributed by atoms with van der Waals surface area (Å²) in [4.78, 5) is 15.1. The molecule has 0 aliphatic carbocycles. The van der Waals surface area contributed by atoms with Crippen LogP contribution in [-0.4, -0.2) is 33.7 Å². The number of nitrogens with zero attached hydrogens (tertiary/aromatic N) is 1. The summed E-state index contributed by atoms with van der Waals surface area (Å²) in [6.07, 6.45) is 3.67. The van der Waals surface area contributed by atoms with Gasteiger partial charge in [-0.15, -0.1) is 0 Å². The number of carbonyl (C=O) groups excluding carboxylic acids is 1. The van der Waals surface area contributed by atoms with Gasteiger partial charge in [0.15, 0.2) is 9.84 Å². The van der Waals surface area contributed by atoms with E-state index in [0.29, 0.717) is 16.6 Å². The minimum absolute atomic E-state index is 0.159. The van der Waals surface area contributed by atoms with Crippen molar-refractivity contribution in [2.75, 3.05) is 29.6 Å². The maximum absolute atomic E-state index is 12.6. The maximum Gasteiger partial charge on any atom is 0.228 e. The molecule has 1 unspecified atom stereocenters. The number of piperidine rings is 1. The van der Waals surface area contributed by atoms with E-state index < -0.39 is 9.84 Å². The second kappa shape index (κ2) is 8.53. The van der Waals surface area contributed by atoms with E-state index in [0.717, 1.165) is 37.0 Å². The summed E-state index contributed by atoms with van der Waals surface area (Å²) in [5, 5.41) is 3.54. The molecular formula is C21H25ClN2O3S. The van der Waals surface area contributed by atoms with Gasteiger partial charge in [0, 0.05) is 24.4 Å². The Kier molecular flexibility index (Phi) is 6.30. The molecule has 2 aromatic rings. The molecule has 1 amide bonds. The van der Waals surface area contributed by atoms with Gasteiger partial charge >= 0.3 is 0 Å². The number of nitrogens with one attached hydrogen (secondary N) is 1. The molecule has 2 aromatic carbocycles. The number of sulfone groups is 1. The number of halogens is 1. The minimum Gasteiger partial charge on any atom is -0.370 e. The van der Waals surface area contributed by atoms with Crippen LogP contribution in [0.3, 0.4) is 0 Å². The second-order valence-corrected chi connectivity index (χ2v) is 9.95. The Bertz CT molecular complexity index is 958. The lowest BCUT2D eigenvalue weighted by atomic mass is 9.99. The molecule has 150 valence electrons. The van der Waals surface area contributed by atoms with Gasteiger partial charge < -0.3 is 10.2 Å². The lowest BCUT2D eigenvalue weighted by Gasteiger charge is -2.34. The molecule has 5 nitrogen and oxygen atoms in total. The Morgan fingerprint density at radius 1 is 1.21 bits per heavy atom. The van der Waals surface area contributed by atoms with E-state index in [4.69, 9.17) is 11.6 Å². The Balaban J connectivity index is 1.74. The van der Waals surface area contributed by atoms with Crippen LogP contribution in [0.25, 0.3) is 0 Å². The van der Waals surface area contributed by atoms with Crippen molar-refractivity contribution in [2.45, 2.75) is 31.1 Å². The topological polar surface area (TPSA) is 66.5 Å². The molecule has 1 fully saturated rings. The zero-order valence-electron chi connectivity index (χ0n) is 16.1. The molecule has 1 saturated heterocycles. The summed E-state index contributed by atoms with van der Waals surface area (Å²) < 4.78 is 23.1. The van der Waals surface area contributed by atoms with Crippen molar-refractivity contribution in [1.82, 2.24) is 0 Å². The average molecular weight is 421 g/mol. The van der Waals surface area contributed by atoms with Crippen molar-refractivity contribution >= 4 is 38.7 Å². The lowest BCUT2D eigenvalue weighted by Crippen LogP contribution is -2.35. The van der Waals surface area contributed by atoms with Crippen molar-refractivity contribution in [3.8, 4) is 0 Å². The minimum atomic E-state index is -3.24. The summed E-state index contributed by atoms with van der Waals surface area (Å²) >= 11 is 6.16. The summed E-state index contributed by atoms with van der Waals surface area (Å²) in [5.41, 5.74) is 2.44. The molecule has 1 heterocycles. The van der Waals surface area contributed by atoms with Crippen LogP contribution < -0.4 is 10.2 Å². The fourth-order valence-electron chi connectivity index (χ4n) is 3.53. The number of amides is 1. The Morgan fingerprint density at radius 3 is 2.57 bits per heavy atom. The Morgan fingerprint density at radius 2 is 1.93 bits per heavy atom. The molecule has 1 aliphatic heterocycles. The van der Waals surface area contributed by atoms with Crippen LogP contribution in [0.1, 0.15) is 25.3 Å². The lowest BCUT2D eigenvalue weighted by molar-refractivity contribution is -0.115. The summed E-state index contributed by atoms with van der Waals surface area (Å²) in [6, 6.07) is 12.0. The molecule has 1 aliphatic rings. The molecule has 0 bridgehead atoms. The zero-order chi connectivity index (χ0) is 20.3. The van der Waals surface area contributed by atoms with E-state index in [1.54, 1.807) is 18.2 Å². The van der Waals surface area contributed by atoms with Crippen molar-refractivity contribution in [3.05, 3.63) is 53.1 Å². The first kappa shape index (κ1) is 20.7. The predicted octanol–water partition coefficient (Wildman–Crippen LogP) is 4.16. The third-order valence-corrected chi connectivity index (χ3v) is 6.31. The largest absolute Gasteiger partial charge is 0.370 e.